The Labute approximate surface area is 82.1 Å². The van der Waals surface area contributed by atoms with Gasteiger partial charge < -0.3 is 10.2 Å². The Kier molecular flexibility index (Phi) is 2.60. The summed E-state index contributed by atoms with van der Waals surface area (Å²) >= 11 is 1.97. The Morgan fingerprint density at radius 1 is 1.69 bits per heavy atom. The molecule has 3 nitrogen and oxygen atoms in total. The van der Waals surface area contributed by atoms with Crippen LogP contribution in [0.3, 0.4) is 0 Å². The average Bonchev–Trinajstić information content (AvgIpc) is 2.72. The van der Waals surface area contributed by atoms with Gasteiger partial charge in [0.2, 0.25) is 5.89 Å². The smallest absolute Gasteiger partial charge is 0.208 e. The fraction of sp³-hybridized carbons (Fsp3) is 0.667. The molecule has 2 N–H and O–H groups in total. The number of hydrogen-bond acceptors (Lipinski definition) is 4. The third kappa shape index (κ3) is 1.74. The highest BCUT2D eigenvalue weighted by molar-refractivity contribution is 7.99. The highest BCUT2D eigenvalue weighted by Gasteiger charge is 2.23. The van der Waals surface area contributed by atoms with E-state index in [9.17, 15) is 0 Å². The average molecular weight is 198 g/mol. The minimum absolute atomic E-state index is 0.401. The van der Waals surface area contributed by atoms with Gasteiger partial charge in [0.15, 0.2) is 0 Å². The van der Waals surface area contributed by atoms with Gasteiger partial charge in [-0.15, -0.1) is 0 Å². The van der Waals surface area contributed by atoms with Gasteiger partial charge in [0, 0.05) is 0 Å². The van der Waals surface area contributed by atoms with Crippen LogP contribution in [0.4, 0.5) is 0 Å². The van der Waals surface area contributed by atoms with Crippen LogP contribution in [0.1, 0.15) is 35.4 Å². The van der Waals surface area contributed by atoms with Gasteiger partial charge >= 0.3 is 0 Å². The van der Waals surface area contributed by atoms with Gasteiger partial charge in [0.25, 0.3) is 0 Å². The lowest BCUT2D eigenvalue weighted by Gasteiger charge is -2.03. The number of aryl methyl sites for hydroxylation is 1. The lowest BCUT2D eigenvalue weighted by atomic mass is 10.2. The van der Waals surface area contributed by atoms with Gasteiger partial charge in [-0.25, -0.2) is 4.98 Å². The van der Waals surface area contributed by atoms with Crippen LogP contribution in [0.15, 0.2) is 4.42 Å². The fourth-order valence-electron chi connectivity index (χ4n) is 1.64. The second kappa shape index (κ2) is 3.72. The molecule has 0 amide bonds. The van der Waals surface area contributed by atoms with E-state index < -0.39 is 0 Å². The Bertz CT molecular complexity index is 292. The number of nitrogens with two attached hydrogens (primary N) is 1. The number of thioether (sulfide) groups is 1. The van der Waals surface area contributed by atoms with Gasteiger partial charge in [-0.1, -0.05) is 0 Å². The molecule has 2 rings (SSSR count). The summed E-state index contributed by atoms with van der Waals surface area (Å²) in [6, 6.07) is 0. The Morgan fingerprint density at radius 2 is 2.54 bits per heavy atom. The quantitative estimate of drug-likeness (QED) is 0.789. The molecular weight excluding hydrogens is 184 g/mol. The van der Waals surface area contributed by atoms with E-state index in [4.69, 9.17) is 10.2 Å². The number of hydrogen-bond donors (Lipinski definition) is 1. The van der Waals surface area contributed by atoms with Gasteiger partial charge in [0.1, 0.15) is 5.76 Å². The molecular formula is C9H14N2OS. The molecule has 1 aliphatic rings. The topological polar surface area (TPSA) is 52.0 Å². The first-order valence-corrected chi connectivity index (χ1v) is 5.64. The van der Waals surface area contributed by atoms with E-state index in [1.165, 1.54) is 18.6 Å². The van der Waals surface area contributed by atoms with Crippen LogP contribution in [0, 0.1) is 6.92 Å². The summed E-state index contributed by atoms with van der Waals surface area (Å²) in [5.41, 5.74) is 6.58. The second-order valence-electron chi connectivity index (χ2n) is 3.25. The lowest BCUT2D eigenvalue weighted by Crippen LogP contribution is -1.97. The Morgan fingerprint density at radius 3 is 3.08 bits per heavy atom. The van der Waals surface area contributed by atoms with E-state index in [1.807, 2.05) is 18.7 Å². The molecule has 1 aromatic heterocycles. The second-order valence-corrected chi connectivity index (χ2v) is 4.57. The maximum atomic E-state index is 5.47. The van der Waals surface area contributed by atoms with Crippen LogP contribution < -0.4 is 5.73 Å². The minimum atomic E-state index is 0.401. The minimum Gasteiger partial charge on any atom is -0.444 e. The standard InChI is InChI=1S/C9H14N2OS/c1-6-9(7-3-2-4-13-7)11-8(5-10)12-6/h7H,2-5,10H2,1H3. The predicted octanol–water partition coefficient (Wildman–Crippen LogP) is 2.01. The van der Waals surface area contributed by atoms with E-state index in [0.717, 1.165) is 11.5 Å². The van der Waals surface area contributed by atoms with E-state index >= 15 is 0 Å². The maximum Gasteiger partial charge on any atom is 0.208 e. The monoisotopic (exact) mass is 198 g/mol. The molecule has 0 spiro atoms. The largest absolute Gasteiger partial charge is 0.444 e. The van der Waals surface area contributed by atoms with Crippen molar-refractivity contribution in [2.24, 2.45) is 5.73 Å². The van der Waals surface area contributed by atoms with E-state index in [2.05, 4.69) is 4.98 Å². The molecule has 1 fully saturated rings. The molecule has 0 radical (unpaired) electrons. The van der Waals surface area contributed by atoms with Crippen molar-refractivity contribution in [1.82, 2.24) is 4.98 Å². The van der Waals surface area contributed by atoms with Crippen molar-refractivity contribution < 1.29 is 4.42 Å². The number of aromatic nitrogens is 1. The van der Waals surface area contributed by atoms with Crippen LogP contribution in [0.5, 0.6) is 0 Å². The van der Waals surface area contributed by atoms with Crippen LogP contribution in [-0.4, -0.2) is 10.7 Å². The summed E-state index contributed by atoms with van der Waals surface area (Å²) in [7, 11) is 0. The van der Waals surface area contributed by atoms with E-state index in [1.54, 1.807) is 0 Å². The summed E-state index contributed by atoms with van der Waals surface area (Å²) in [4.78, 5) is 4.40. The summed E-state index contributed by atoms with van der Waals surface area (Å²) in [6.07, 6.45) is 2.52. The van der Waals surface area contributed by atoms with Crippen molar-refractivity contribution in [3.63, 3.8) is 0 Å². The van der Waals surface area contributed by atoms with Crippen molar-refractivity contribution in [3.8, 4) is 0 Å². The van der Waals surface area contributed by atoms with Gasteiger partial charge in [0.05, 0.1) is 17.5 Å². The fourth-order valence-corrected chi connectivity index (χ4v) is 2.97. The van der Waals surface area contributed by atoms with Crippen molar-refractivity contribution in [3.05, 3.63) is 17.3 Å². The van der Waals surface area contributed by atoms with Crippen molar-refractivity contribution >= 4 is 11.8 Å². The normalized spacial score (nSPS) is 22.5. The first kappa shape index (κ1) is 9.09. The van der Waals surface area contributed by atoms with Gasteiger partial charge in [-0.3, -0.25) is 0 Å². The molecule has 1 atom stereocenters. The van der Waals surface area contributed by atoms with E-state index in [0.29, 0.717) is 17.7 Å². The highest BCUT2D eigenvalue weighted by atomic mass is 32.2. The molecule has 0 saturated carbocycles. The third-order valence-corrected chi connectivity index (χ3v) is 3.67. The predicted molar refractivity (Wildman–Crippen MR) is 53.6 cm³/mol. The summed E-state index contributed by atoms with van der Waals surface area (Å²) in [5.74, 6) is 2.86. The lowest BCUT2D eigenvalue weighted by molar-refractivity contribution is 0.472. The molecule has 4 heteroatoms. The highest BCUT2D eigenvalue weighted by Crippen LogP contribution is 2.40. The van der Waals surface area contributed by atoms with Crippen LogP contribution in [-0.2, 0) is 6.54 Å². The van der Waals surface area contributed by atoms with Crippen LogP contribution in [0.2, 0.25) is 0 Å². The zero-order valence-corrected chi connectivity index (χ0v) is 8.56. The molecule has 0 bridgehead atoms. The van der Waals surface area contributed by atoms with Crippen molar-refractivity contribution in [2.75, 3.05) is 5.75 Å². The number of rotatable bonds is 2. The van der Waals surface area contributed by atoms with E-state index in [-0.39, 0.29) is 0 Å². The zero-order chi connectivity index (χ0) is 9.26. The number of nitrogens with zero attached hydrogens (tertiary/aromatic N) is 1. The molecule has 1 aromatic rings. The number of oxazole rings is 1. The Balaban J connectivity index is 2.22. The first-order chi connectivity index (χ1) is 6.31. The Hall–Kier alpha value is -0.480. The zero-order valence-electron chi connectivity index (χ0n) is 7.75. The molecule has 13 heavy (non-hydrogen) atoms. The van der Waals surface area contributed by atoms with Crippen molar-refractivity contribution in [2.45, 2.75) is 31.6 Å². The molecule has 1 unspecified atom stereocenters. The molecule has 72 valence electrons. The SMILES string of the molecule is Cc1oc(CN)nc1C1CCCS1. The van der Waals surface area contributed by atoms with Gasteiger partial charge in [-0.05, 0) is 25.5 Å². The summed E-state index contributed by atoms with van der Waals surface area (Å²) < 4.78 is 5.43. The molecule has 2 heterocycles. The van der Waals surface area contributed by atoms with Crippen LogP contribution in [0.25, 0.3) is 0 Å². The first-order valence-electron chi connectivity index (χ1n) is 4.59. The third-order valence-electron chi connectivity index (χ3n) is 2.29. The van der Waals surface area contributed by atoms with Crippen LogP contribution >= 0.6 is 11.8 Å². The maximum absolute atomic E-state index is 5.47. The summed E-state index contributed by atoms with van der Waals surface area (Å²) in [5, 5.41) is 0.545. The molecule has 0 aliphatic carbocycles. The summed E-state index contributed by atoms with van der Waals surface area (Å²) in [6.45, 7) is 2.37. The molecule has 1 saturated heterocycles. The molecule has 1 aliphatic heterocycles. The molecule has 0 aromatic carbocycles. The van der Waals surface area contributed by atoms with Crippen molar-refractivity contribution in [1.29, 1.82) is 0 Å². The van der Waals surface area contributed by atoms with Gasteiger partial charge in [-0.2, -0.15) is 11.8 Å².